The Balaban J connectivity index is 2.20. The summed E-state index contributed by atoms with van der Waals surface area (Å²) in [6, 6.07) is 11.8. The van der Waals surface area contributed by atoms with Gasteiger partial charge in [-0.15, -0.1) is 5.10 Å². The lowest BCUT2D eigenvalue weighted by Gasteiger charge is -2.06. The van der Waals surface area contributed by atoms with Crippen LogP contribution in [0, 0.1) is 6.92 Å². The third kappa shape index (κ3) is 2.04. The molecule has 0 aliphatic carbocycles. The number of aryl methyl sites for hydroxylation is 1. The van der Waals surface area contributed by atoms with Gasteiger partial charge in [0.2, 0.25) is 0 Å². The first-order valence-corrected chi connectivity index (χ1v) is 6.05. The molecule has 1 aromatic carbocycles. The topological polar surface area (TPSA) is 69.9 Å². The number of hydrogen-bond acceptors (Lipinski definition) is 4. The highest BCUT2D eigenvalue weighted by molar-refractivity contribution is 5.58. The molecular weight excluding hydrogens is 240 g/mol. The van der Waals surface area contributed by atoms with Gasteiger partial charge in [0.25, 0.3) is 0 Å². The van der Waals surface area contributed by atoms with Gasteiger partial charge in [0.1, 0.15) is 11.4 Å². The summed E-state index contributed by atoms with van der Waals surface area (Å²) in [7, 11) is 0. The van der Waals surface area contributed by atoms with Crippen LogP contribution in [0.3, 0.4) is 0 Å². The molecule has 0 fully saturated rings. The first-order valence-electron chi connectivity index (χ1n) is 6.05. The van der Waals surface area contributed by atoms with Crippen LogP contribution < -0.4 is 5.73 Å². The number of furan rings is 1. The van der Waals surface area contributed by atoms with E-state index in [9.17, 15) is 0 Å². The van der Waals surface area contributed by atoms with Crippen LogP contribution in [0.4, 0.5) is 0 Å². The molecule has 2 aromatic heterocycles. The van der Waals surface area contributed by atoms with E-state index in [1.807, 2.05) is 43.3 Å². The van der Waals surface area contributed by atoms with Crippen LogP contribution in [-0.4, -0.2) is 15.0 Å². The highest BCUT2D eigenvalue weighted by Crippen LogP contribution is 2.25. The second-order valence-electron chi connectivity index (χ2n) is 4.32. The van der Waals surface area contributed by atoms with Crippen LogP contribution in [0.15, 0.2) is 47.1 Å². The standard InChI is InChI=1S/C14H14N4O/c1-10-4-2-5-11(8-10)18-14(12(9-15)16-17-18)13-6-3-7-19-13/h2-8H,9,15H2,1H3. The first kappa shape index (κ1) is 11.7. The number of nitrogens with zero attached hydrogens (tertiary/aromatic N) is 3. The van der Waals surface area contributed by atoms with Crippen molar-refractivity contribution in [3.8, 4) is 17.1 Å². The van der Waals surface area contributed by atoms with E-state index in [4.69, 9.17) is 10.2 Å². The average molecular weight is 254 g/mol. The predicted molar refractivity (Wildman–Crippen MR) is 71.7 cm³/mol. The van der Waals surface area contributed by atoms with Gasteiger partial charge in [0.15, 0.2) is 5.76 Å². The lowest BCUT2D eigenvalue weighted by Crippen LogP contribution is -2.02. The molecule has 0 aliphatic heterocycles. The van der Waals surface area contributed by atoms with E-state index < -0.39 is 0 Å². The fourth-order valence-corrected chi connectivity index (χ4v) is 2.05. The lowest BCUT2D eigenvalue weighted by molar-refractivity contribution is 0.576. The van der Waals surface area contributed by atoms with Crippen LogP contribution in [0.25, 0.3) is 17.1 Å². The number of benzene rings is 1. The van der Waals surface area contributed by atoms with Crippen LogP contribution >= 0.6 is 0 Å². The van der Waals surface area contributed by atoms with Crippen LogP contribution in [-0.2, 0) is 6.54 Å². The van der Waals surface area contributed by atoms with E-state index in [2.05, 4.69) is 10.3 Å². The molecule has 2 heterocycles. The Morgan fingerprint density at radius 3 is 2.84 bits per heavy atom. The summed E-state index contributed by atoms with van der Waals surface area (Å²) in [5, 5.41) is 8.31. The number of hydrogen-bond donors (Lipinski definition) is 1. The molecule has 0 amide bonds. The second-order valence-corrected chi connectivity index (χ2v) is 4.32. The van der Waals surface area contributed by atoms with Gasteiger partial charge >= 0.3 is 0 Å². The Labute approximate surface area is 110 Å². The Hall–Kier alpha value is -2.40. The molecule has 3 aromatic rings. The molecule has 19 heavy (non-hydrogen) atoms. The van der Waals surface area contributed by atoms with Crippen LogP contribution in [0.2, 0.25) is 0 Å². The van der Waals surface area contributed by atoms with Gasteiger partial charge in [0, 0.05) is 6.54 Å². The van der Waals surface area contributed by atoms with Gasteiger partial charge in [-0.25, -0.2) is 4.68 Å². The maximum atomic E-state index is 5.72. The molecular formula is C14H14N4O. The Bertz CT molecular complexity index is 685. The Kier molecular flexibility index (Phi) is 2.89. The van der Waals surface area contributed by atoms with Gasteiger partial charge in [-0.2, -0.15) is 0 Å². The van der Waals surface area contributed by atoms with Crippen molar-refractivity contribution >= 4 is 0 Å². The highest BCUT2D eigenvalue weighted by Gasteiger charge is 2.17. The molecule has 0 bridgehead atoms. The normalized spacial score (nSPS) is 10.8. The van der Waals surface area contributed by atoms with E-state index in [1.54, 1.807) is 10.9 Å². The van der Waals surface area contributed by atoms with E-state index >= 15 is 0 Å². The summed E-state index contributed by atoms with van der Waals surface area (Å²) in [4.78, 5) is 0. The van der Waals surface area contributed by atoms with Crippen molar-refractivity contribution in [2.75, 3.05) is 0 Å². The SMILES string of the molecule is Cc1cccc(-n2nnc(CN)c2-c2ccco2)c1. The lowest BCUT2D eigenvalue weighted by atomic mass is 10.2. The quantitative estimate of drug-likeness (QED) is 0.778. The predicted octanol–water partition coefficient (Wildman–Crippen LogP) is 2.29. The van der Waals surface area contributed by atoms with Gasteiger partial charge in [-0.1, -0.05) is 17.3 Å². The molecule has 0 radical (unpaired) electrons. The minimum atomic E-state index is 0.321. The van der Waals surface area contributed by atoms with Gasteiger partial charge in [-0.05, 0) is 36.8 Å². The number of rotatable bonds is 3. The smallest absolute Gasteiger partial charge is 0.154 e. The van der Waals surface area contributed by atoms with E-state index in [0.717, 1.165) is 22.6 Å². The Morgan fingerprint density at radius 1 is 1.26 bits per heavy atom. The summed E-state index contributed by atoms with van der Waals surface area (Å²) in [5.41, 5.74) is 9.35. The van der Waals surface area contributed by atoms with Crippen molar-refractivity contribution in [1.29, 1.82) is 0 Å². The molecule has 0 saturated carbocycles. The zero-order valence-corrected chi connectivity index (χ0v) is 10.6. The summed E-state index contributed by atoms with van der Waals surface area (Å²) in [6.45, 7) is 2.36. The highest BCUT2D eigenvalue weighted by atomic mass is 16.3. The maximum absolute atomic E-state index is 5.72. The van der Waals surface area contributed by atoms with Crippen molar-refractivity contribution in [2.24, 2.45) is 5.73 Å². The largest absolute Gasteiger partial charge is 0.463 e. The summed E-state index contributed by atoms with van der Waals surface area (Å²) < 4.78 is 7.21. The third-order valence-corrected chi connectivity index (χ3v) is 2.93. The van der Waals surface area contributed by atoms with Crippen molar-refractivity contribution in [3.05, 3.63) is 53.9 Å². The molecule has 2 N–H and O–H groups in total. The molecule has 0 atom stereocenters. The number of nitrogens with two attached hydrogens (primary N) is 1. The average Bonchev–Trinajstić information content (AvgIpc) is 3.07. The second kappa shape index (κ2) is 4.70. The first-order chi connectivity index (χ1) is 9.29. The van der Waals surface area contributed by atoms with E-state index in [1.165, 1.54) is 0 Å². The third-order valence-electron chi connectivity index (χ3n) is 2.93. The zero-order valence-electron chi connectivity index (χ0n) is 10.6. The summed E-state index contributed by atoms with van der Waals surface area (Å²) >= 11 is 0. The Morgan fingerprint density at radius 2 is 2.16 bits per heavy atom. The zero-order chi connectivity index (χ0) is 13.2. The summed E-state index contributed by atoms with van der Waals surface area (Å²) in [6.07, 6.45) is 1.63. The van der Waals surface area contributed by atoms with Crippen molar-refractivity contribution < 1.29 is 4.42 Å². The molecule has 3 rings (SSSR count). The van der Waals surface area contributed by atoms with Gasteiger partial charge < -0.3 is 10.2 Å². The minimum Gasteiger partial charge on any atom is -0.463 e. The molecule has 0 unspecified atom stereocenters. The van der Waals surface area contributed by atoms with Crippen LogP contribution in [0.1, 0.15) is 11.3 Å². The van der Waals surface area contributed by atoms with Crippen molar-refractivity contribution in [3.63, 3.8) is 0 Å². The van der Waals surface area contributed by atoms with Crippen molar-refractivity contribution in [2.45, 2.75) is 13.5 Å². The molecule has 0 saturated heterocycles. The molecule has 96 valence electrons. The maximum Gasteiger partial charge on any atom is 0.154 e. The van der Waals surface area contributed by atoms with Crippen molar-refractivity contribution in [1.82, 2.24) is 15.0 Å². The fraction of sp³-hybridized carbons (Fsp3) is 0.143. The number of aromatic nitrogens is 3. The molecule has 0 spiro atoms. The molecule has 5 nitrogen and oxygen atoms in total. The molecule has 0 aliphatic rings. The fourth-order valence-electron chi connectivity index (χ4n) is 2.05. The van der Waals surface area contributed by atoms with Gasteiger partial charge in [0.05, 0.1) is 12.0 Å². The van der Waals surface area contributed by atoms with Crippen LogP contribution in [0.5, 0.6) is 0 Å². The van der Waals surface area contributed by atoms with Gasteiger partial charge in [-0.3, -0.25) is 0 Å². The van der Waals surface area contributed by atoms with E-state index in [0.29, 0.717) is 12.3 Å². The minimum absolute atomic E-state index is 0.321. The van der Waals surface area contributed by atoms with E-state index in [-0.39, 0.29) is 0 Å². The monoisotopic (exact) mass is 254 g/mol. The summed E-state index contributed by atoms with van der Waals surface area (Å²) in [5.74, 6) is 0.715. The molecule has 5 heteroatoms.